The minimum Gasteiger partial charge on any atom is -0.297 e. The first kappa shape index (κ1) is 23.7. The van der Waals surface area contributed by atoms with E-state index in [0.29, 0.717) is 0 Å². The van der Waals surface area contributed by atoms with E-state index in [2.05, 4.69) is 84.9 Å². The highest BCUT2D eigenvalue weighted by Crippen LogP contribution is 2.21. The second-order valence-corrected chi connectivity index (χ2v) is 9.14. The predicted molar refractivity (Wildman–Crippen MR) is 132 cm³/mol. The van der Waals surface area contributed by atoms with Crippen LogP contribution in [0.2, 0.25) is 0 Å². The Bertz CT molecular complexity index is 821. The molecule has 4 heteroatoms. The zero-order valence-corrected chi connectivity index (χ0v) is 20.1. The molecular formula is C25H34N2S2. The minimum atomic E-state index is 1.09. The van der Waals surface area contributed by atoms with Crippen molar-refractivity contribution in [2.24, 2.45) is 0 Å². The maximum atomic E-state index is 4.23. The Balaban J connectivity index is 0.000000194. The molecule has 1 aliphatic heterocycles. The zero-order valence-electron chi connectivity index (χ0n) is 18.4. The van der Waals surface area contributed by atoms with Crippen LogP contribution >= 0.6 is 23.1 Å². The summed E-state index contributed by atoms with van der Waals surface area (Å²) in [4.78, 5) is 6.80. The van der Waals surface area contributed by atoms with Crippen molar-refractivity contribution in [2.45, 2.75) is 41.2 Å². The maximum Gasteiger partial charge on any atom is 0.123 e. The molecule has 1 fully saturated rings. The third-order valence-corrected chi connectivity index (χ3v) is 6.49. The van der Waals surface area contributed by atoms with E-state index >= 15 is 0 Å². The number of aromatic nitrogens is 1. The molecule has 3 aromatic rings. The number of benzene rings is 2. The Morgan fingerprint density at radius 3 is 2.14 bits per heavy atom. The van der Waals surface area contributed by atoms with E-state index in [9.17, 15) is 0 Å². The van der Waals surface area contributed by atoms with E-state index in [1.807, 2.05) is 25.4 Å². The lowest BCUT2D eigenvalue weighted by Crippen LogP contribution is -2.32. The van der Waals surface area contributed by atoms with Gasteiger partial charge in [0.1, 0.15) is 5.01 Å². The second-order valence-electron chi connectivity index (χ2n) is 7.02. The van der Waals surface area contributed by atoms with Gasteiger partial charge in [-0.25, -0.2) is 4.98 Å². The molecule has 0 aliphatic carbocycles. The first-order valence-electron chi connectivity index (χ1n) is 10.4. The molecule has 1 saturated heterocycles. The van der Waals surface area contributed by atoms with Gasteiger partial charge in [0.25, 0.3) is 0 Å². The van der Waals surface area contributed by atoms with Crippen molar-refractivity contribution < 1.29 is 0 Å². The fraction of sp³-hybridized carbons (Fsp3) is 0.400. The highest BCUT2D eigenvalue weighted by atomic mass is 32.2. The van der Waals surface area contributed by atoms with Crippen molar-refractivity contribution in [3.63, 3.8) is 0 Å². The quantitative estimate of drug-likeness (QED) is 0.449. The molecule has 1 aromatic heterocycles. The van der Waals surface area contributed by atoms with Gasteiger partial charge in [-0.2, -0.15) is 11.8 Å². The number of aryl methyl sites for hydroxylation is 3. The molecule has 1 aliphatic rings. The fourth-order valence-corrected chi connectivity index (χ4v) is 4.71. The minimum absolute atomic E-state index is 1.09. The van der Waals surface area contributed by atoms with E-state index in [0.717, 1.165) is 11.6 Å². The molecule has 2 aromatic carbocycles. The van der Waals surface area contributed by atoms with Crippen molar-refractivity contribution in [3.8, 4) is 10.6 Å². The topological polar surface area (TPSA) is 16.1 Å². The molecule has 29 heavy (non-hydrogen) atoms. The molecule has 2 nitrogen and oxygen atoms in total. The van der Waals surface area contributed by atoms with Crippen molar-refractivity contribution in [3.05, 3.63) is 76.3 Å². The van der Waals surface area contributed by atoms with E-state index in [4.69, 9.17) is 0 Å². The van der Waals surface area contributed by atoms with Crippen LogP contribution in [0.15, 0.2) is 54.0 Å². The zero-order chi connectivity index (χ0) is 21.1. The van der Waals surface area contributed by atoms with Crippen molar-refractivity contribution in [1.82, 2.24) is 9.88 Å². The summed E-state index contributed by atoms with van der Waals surface area (Å²) >= 11 is 3.74. The number of hydrogen-bond acceptors (Lipinski definition) is 4. The van der Waals surface area contributed by atoms with Crippen molar-refractivity contribution >= 4 is 23.1 Å². The lowest BCUT2D eigenvalue weighted by molar-refractivity contribution is 0.294. The van der Waals surface area contributed by atoms with Gasteiger partial charge in [0, 0.05) is 48.3 Å². The standard InChI is InChI=1S/C13H19NS.C10H9NS.C2H6/c1-11-3-4-13(12(2)9-11)10-14-5-7-15-8-6-14;1-8-2-4-9(5-3-8)10-11-6-7-12-10;1-2/h3-4,9H,5-8,10H2,1-2H3;2-7H,1H3;1-2H3. The summed E-state index contributed by atoms with van der Waals surface area (Å²) in [6.07, 6.45) is 1.83. The fourth-order valence-electron chi connectivity index (χ4n) is 3.09. The molecule has 156 valence electrons. The van der Waals surface area contributed by atoms with Crippen LogP contribution in [0.5, 0.6) is 0 Å². The summed E-state index contributed by atoms with van der Waals surface area (Å²) < 4.78 is 0. The van der Waals surface area contributed by atoms with Gasteiger partial charge < -0.3 is 0 Å². The van der Waals surface area contributed by atoms with Crippen LogP contribution in [0.25, 0.3) is 10.6 Å². The summed E-state index contributed by atoms with van der Waals surface area (Å²) in [7, 11) is 0. The third kappa shape index (κ3) is 7.96. The van der Waals surface area contributed by atoms with Crippen LogP contribution in [0.3, 0.4) is 0 Å². The monoisotopic (exact) mass is 426 g/mol. The van der Waals surface area contributed by atoms with Crippen LogP contribution in [0, 0.1) is 20.8 Å². The molecule has 0 radical (unpaired) electrons. The van der Waals surface area contributed by atoms with Crippen LogP contribution in [0.1, 0.15) is 36.1 Å². The summed E-state index contributed by atoms with van der Waals surface area (Å²) in [5.41, 5.74) is 6.79. The molecule has 0 N–H and O–H groups in total. The maximum absolute atomic E-state index is 4.23. The van der Waals surface area contributed by atoms with Gasteiger partial charge in [-0.1, -0.05) is 67.4 Å². The molecule has 0 saturated carbocycles. The Labute approximate surface area is 185 Å². The highest BCUT2D eigenvalue weighted by Gasteiger charge is 2.11. The Kier molecular flexibility index (Phi) is 10.5. The molecule has 0 amide bonds. The summed E-state index contributed by atoms with van der Waals surface area (Å²) in [5, 5.41) is 3.09. The lowest BCUT2D eigenvalue weighted by Gasteiger charge is -2.26. The molecule has 0 atom stereocenters. The first-order valence-corrected chi connectivity index (χ1v) is 12.5. The SMILES string of the molecule is CC.Cc1ccc(-c2nccs2)cc1.Cc1ccc(CN2CCSCC2)c(C)c1. The Morgan fingerprint density at radius 2 is 1.55 bits per heavy atom. The molecule has 4 rings (SSSR count). The molecule has 0 unspecified atom stereocenters. The highest BCUT2D eigenvalue weighted by molar-refractivity contribution is 7.99. The lowest BCUT2D eigenvalue weighted by atomic mass is 10.1. The molecule has 0 bridgehead atoms. The van der Waals surface area contributed by atoms with Gasteiger partial charge in [0.15, 0.2) is 0 Å². The number of hydrogen-bond donors (Lipinski definition) is 0. The summed E-state index contributed by atoms with van der Waals surface area (Å²) in [5.74, 6) is 2.59. The van der Waals surface area contributed by atoms with Gasteiger partial charge in [-0.3, -0.25) is 4.90 Å². The van der Waals surface area contributed by atoms with Gasteiger partial charge in [0.05, 0.1) is 0 Å². The normalized spacial score (nSPS) is 13.7. The van der Waals surface area contributed by atoms with Gasteiger partial charge in [-0.15, -0.1) is 11.3 Å². The molecule has 2 heterocycles. The largest absolute Gasteiger partial charge is 0.297 e. The molecule has 0 spiro atoms. The Morgan fingerprint density at radius 1 is 0.897 bits per heavy atom. The van der Waals surface area contributed by atoms with E-state index in [1.54, 1.807) is 11.3 Å². The van der Waals surface area contributed by atoms with Crippen molar-refractivity contribution in [1.29, 1.82) is 0 Å². The second kappa shape index (κ2) is 12.8. The number of thiazole rings is 1. The Hall–Kier alpha value is -1.62. The average molecular weight is 427 g/mol. The number of thioether (sulfide) groups is 1. The van der Waals surface area contributed by atoms with Crippen molar-refractivity contribution in [2.75, 3.05) is 24.6 Å². The predicted octanol–water partition coefficient (Wildman–Crippen LogP) is 7.00. The van der Waals surface area contributed by atoms with Gasteiger partial charge >= 0.3 is 0 Å². The number of nitrogens with zero attached hydrogens (tertiary/aromatic N) is 2. The smallest absolute Gasteiger partial charge is 0.123 e. The summed E-state index contributed by atoms with van der Waals surface area (Å²) in [6, 6.07) is 15.2. The third-order valence-electron chi connectivity index (χ3n) is 4.73. The van der Waals surface area contributed by atoms with Gasteiger partial charge in [-0.05, 0) is 31.9 Å². The van der Waals surface area contributed by atoms with E-state index < -0.39 is 0 Å². The molecular weight excluding hydrogens is 392 g/mol. The summed E-state index contributed by atoms with van der Waals surface area (Å²) in [6.45, 7) is 14.1. The average Bonchev–Trinajstić information content (AvgIpc) is 3.28. The van der Waals surface area contributed by atoms with Crippen LogP contribution in [-0.4, -0.2) is 34.5 Å². The number of rotatable bonds is 3. The van der Waals surface area contributed by atoms with Gasteiger partial charge in [0.2, 0.25) is 0 Å². The van der Waals surface area contributed by atoms with E-state index in [1.165, 1.54) is 52.4 Å². The van der Waals surface area contributed by atoms with Crippen LogP contribution in [-0.2, 0) is 6.54 Å². The first-order chi connectivity index (χ1) is 14.1. The van der Waals surface area contributed by atoms with E-state index in [-0.39, 0.29) is 0 Å². The van der Waals surface area contributed by atoms with Crippen LogP contribution in [0.4, 0.5) is 0 Å². The van der Waals surface area contributed by atoms with Crippen LogP contribution < -0.4 is 0 Å².